The van der Waals surface area contributed by atoms with Gasteiger partial charge in [0.05, 0.1) is 23.6 Å². The number of imidazole rings is 1. The molecular weight excluding hydrogens is 244 g/mol. The molecule has 7 nitrogen and oxygen atoms in total. The summed E-state index contributed by atoms with van der Waals surface area (Å²) in [7, 11) is 0. The molecule has 0 fully saturated rings. The Labute approximate surface area is 106 Å². The van der Waals surface area contributed by atoms with Crippen LogP contribution in [-0.4, -0.2) is 29.1 Å². The Morgan fingerprint density at radius 3 is 3.11 bits per heavy atom. The van der Waals surface area contributed by atoms with Crippen molar-refractivity contribution in [3.63, 3.8) is 0 Å². The van der Waals surface area contributed by atoms with Crippen LogP contribution in [0.2, 0.25) is 0 Å². The van der Waals surface area contributed by atoms with Gasteiger partial charge >= 0.3 is 5.69 Å². The molecule has 1 N–H and O–H groups in total. The fourth-order valence-electron chi connectivity index (χ4n) is 2.17. The summed E-state index contributed by atoms with van der Waals surface area (Å²) < 4.78 is 3.21. The Morgan fingerprint density at radius 2 is 2.16 bits per heavy atom. The number of fused-ring (bicyclic) bond motifs is 2. The number of hydrogen-bond acceptors (Lipinski definition) is 4. The van der Waals surface area contributed by atoms with Crippen molar-refractivity contribution >= 4 is 16.7 Å². The predicted octanol–water partition coefficient (Wildman–Crippen LogP) is 0.756. The summed E-state index contributed by atoms with van der Waals surface area (Å²) in [6, 6.07) is 5.67. The van der Waals surface area contributed by atoms with Crippen molar-refractivity contribution in [2.24, 2.45) is 0 Å². The van der Waals surface area contributed by atoms with Crippen LogP contribution in [0.1, 0.15) is 0 Å². The summed E-state index contributed by atoms with van der Waals surface area (Å²) in [6.45, 7) is 0. The van der Waals surface area contributed by atoms with Crippen LogP contribution in [0.15, 0.2) is 47.9 Å². The number of pyridine rings is 1. The minimum atomic E-state index is -0.255. The molecule has 19 heavy (non-hydrogen) atoms. The van der Waals surface area contributed by atoms with Crippen molar-refractivity contribution in [2.75, 3.05) is 0 Å². The van der Waals surface area contributed by atoms with E-state index < -0.39 is 0 Å². The Hall–Kier alpha value is -2.96. The highest BCUT2D eigenvalue weighted by Crippen LogP contribution is 2.17. The molecule has 0 aliphatic rings. The molecule has 0 spiro atoms. The number of aromatic amines is 1. The third kappa shape index (κ3) is 1.32. The van der Waals surface area contributed by atoms with Gasteiger partial charge in [-0.1, -0.05) is 6.07 Å². The van der Waals surface area contributed by atoms with Crippen molar-refractivity contribution in [2.45, 2.75) is 0 Å². The van der Waals surface area contributed by atoms with E-state index in [2.05, 4.69) is 20.1 Å². The van der Waals surface area contributed by atoms with E-state index in [9.17, 15) is 4.79 Å². The zero-order valence-corrected chi connectivity index (χ0v) is 9.69. The van der Waals surface area contributed by atoms with Gasteiger partial charge < -0.3 is 4.98 Å². The molecule has 4 rings (SSSR count). The van der Waals surface area contributed by atoms with E-state index in [1.54, 1.807) is 16.9 Å². The number of rotatable bonds is 1. The quantitative estimate of drug-likeness (QED) is 0.542. The molecule has 0 aliphatic carbocycles. The Balaban J connectivity index is 2.15. The molecule has 0 amide bonds. The van der Waals surface area contributed by atoms with Gasteiger partial charge in [-0.3, -0.25) is 0 Å². The minimum absolute atomic E-state index is 0.255. The van der Waals surface area contributed by atoms with Crippen molar-refractivity contribution in [3.8, 4) is 5.69 Å². The van der Waals surface area contributed by atoms with E-state index in [0.29, 0.717) is 16.9 Å². The van der Waals surface area contributed by atoms with Gasteiger partial charge in [-0.15, -0.1) is 0 Å². The highest BCUT2D eigenvalue weighted by molar-refractivity contribution is 5.75. The van der Waals surface area contributed by atoms with E-state index in [0.717, 1.165) is 5.52 Å². The van der Waals surface area contributed by atoms with Gasteiger partial charge in [0.15, 0.2) is 5.65 Å². The second-order valence-electron chi connectivity index (χ2n) is 4.09. The fourth-order valence-corrected chi connectivity index (χ4v) is 2.17. The first-order chi connectivity index (χ1) is 9.34. The first-order valence-corrected chi connectivity index (χ1v) is 5.68. The van der Waals surface area contributed by atoms with Crippen molar-refractivity contribution in [3.05, 3.63) is 53.6 Å². The Kier molecular flexibility index (Phi) is 1.85. The first-order valence-electron chi connectivity index (χ1n) is 5.68. The van der Waals surface area contributed by atoms with E-state index in [4.69, 9.17) is 0 Å². The van der Waals surface area contributed by atoms with Gasteiger partial charge in [0, 0.05) is 6.20 Å². The second kappa shape index (κ2) is 3.52. The number of nitrogens with one attached hydrogen (secondary N) is 1. The molecule has 4 heterocycles. The molecular formula is C12H8N6O. The number of nitrogens with zero attached hydrogens (tertiary/aromatic N) is 5. The van der Waals surface area contributed by atoms with E-state index >= 15 is 0 Å². The van der Waals surface area contributed by atoms with Gasteiger partial charge in [0.25, 0.3) is 0 Å². The maximum Gasteiger partial charge on any atom is 0.332 e. The standard InChI is InChI=1S/C12H8N6O/c19-12-16-8-5-13-7-14-11(8)18(12)10-6-15-17-4-2-1-3-9(10)17/h1-7H,(H,16,19). The Morgan fingerprint density at radius 1 is 1.21 bits per heavy atom. The van der Waals surface area contributed by atoms with E-state index in [-0.39, 0.29) is 5.69 Å². The summed E-state index contributed by atoms with van der Waals surface area (Å²) >= 11 is 0. The highest BCUT2D eigenvalue weighted by atomic mass is 16.1. The summed E-state index contributed by atoms with van der Waals surface area (Å²) in [5, 5.41) is 4.22. The summed E-state index contributed by atoms with van der Waals surface area (Å²) in [6.07, 6.45) is 6.46. The van der Waals surface area contributed by atoms with Crippen LogP contribution in [0, 0.1) is 0 Å². The maximum absolute atomic E-state index is 12.1. The topological polar surface area (TPSA) is 80.9 Å². The van der Waals surface area contributed by atoms with E-state index in [1.165, 1.54) is 10.9 Å². The fraction of sp³-hybridized carbons (Fsp3) is 0. The van der Waals surface area contributed by atoms with Crippen LogP contribution >= 0.6 is 0 Å². The summed E-state index contributed by atoms with van der Waals surface area (Å²) in [5.41, 5.74) is 2.41. The third-order valence-corrected chi connectivity index (χ3v) is 2.99. The number of H-pyrrole nitrogens is 1. The molecule has 0 aromatic carbocycles. The summed E-state index contributed by atoms with van der Waals surface area (Å²) in [4.78, 5) is 22.9. The lowest BCUT2D eigenvalue weighted by Gasteiger charge is -1.99. The average molecular weight is 252 g/mol. The molecule has 0 bridgehead atoms. The first kappa shape index (κ1) is 10.0. The summed E-state index contributed by atoms with van der Waals surface area (Å²) in [5.74, 6) is 0. The normalized spacial score (nSPS) is 11.4. The number of hydrogen-bond donors (Lipinski definition) is 1. The Bertz CT molecular complexity index is 947. The van der Waals surface area contributed by atoms with E-state index in [1.807, 2.05) is 24.4 Å². The average Bonchev–Trinajstić information content (AvgIpc) is 2.98. The van der Waals surface area contributed by atoms with Crippen LogP contribution in [0.5, 0.6) is 0 Å². The minimum Gasteiger partial charge on any atom is -0.303 e. The smallest absolute Gasteiger partial charge is 0.303 e. The zero-order valence-electron chi connectivity index (χ0n) is 9.69. The lowest BCUT2D eigenvalue weighted by Crippen LogP contribution is -2.14. The molecule has 0 unspecified atom stereocenters. The maximum atomic E-state index is 12.1. The SMILES string of the molecule is O=c1[nH]c2cncnc2n1-c1cnn2ccccc12. The van der Waals surface area contributed by atoms with Gasteiger partial charge in [0.1, 0.15) is 11.8 Å². The molecule has 0 saturated carbocycles. The molecule has 7 heteroatoms. The van der Waals surface area contributed by atoms with Crippen LogP contribution in [0.4, 0.5) is 0 Å². The number of aromatic nitrogens is 6. The monoisotopic (exact) mass is 252 g/mol. The van der Waals surface area contributed by atoms with Gasteiger partial charge in [0.2, 0.25) is 0 Å². The van der Waals surface area contributed by atoms with Crippen LogP contribution in [-0.2, 0) is 0 Å². The largest absolute Gasteiger partial charge is 0.332 e. The lowest BCUT2D eigenvalue weighted by atomic mass is 10.3. The predicted molar refractivity (Wildman–Crippen MR) is 68.2 cm³/mol. The molecule has 4 aromatic rings. The molecule has 92 valence electrons. The highest BCUT2D eigenvalue weighted by Gasteiger charge is 2.13. The van der Waals surface area contributed by atoms with Crippen molar-refractivity contribution in [1.82, 2.24) is 29.1 Å². The second-order valence-corrected chi connectivity index (χ2v) is 4.09. The molecule has 0 aliphatic heterocycles. The van der Waals surface area contributed by atoms with Crippen LogP contribution in [0.25, 0.3) is 22.4 Å². The third-order valence-electron chi connectivity index (χ3n) is 2.99. The van der Waals surface area contributed by atoms with Gasteiger partial charge in [-0.25, -0.2) is 23.8 Å². The molecule has 0 atom stereocenters. The van der Waals surface area contributed by atoms with Crippen molar-refractivity contribution < 1.29 is 0 Å². The molecule has 0 radical (unpaired) electrons. The molecule has 4 aromatic heterocycles. The lowest BCUT2D eigenvalue weighted by molar-refractivity contribution is 0.961. The van der Waals surface area contributed by atoms with Gasteiger partial charge in [-0.2, -0.15) is 5.10 Å². The van der Waals surface area contributed by atoms with Crippen LogP contribution < -0.4 is 5.69 Å². The zero-order chi connectivity index (χ0) is 12.8. The van der Waals surface area contributed by atoms with Crippen LogP contribution in [0.3, 0.4) is 0 Å². The molecule has 0 saturated heterocycles. The van der Waals surface area contributed by atoms with Gasteiger partial charge in [-0.05, 0) is 12.1 Å². The van der Waals surface area contributed by atoms with Crippen molar-refractivity contribution in [1.29, 1.82) is 0 Å².